The number of nitrogens with zero attached hydrogens (tertiary/aromatic N) is 3. The second kappa shape index (κ2) is 7.03. The van der Waals surface area contributed by atoms with Crippen molar-refractivity contribution >= 4 is 17.2 Å². The molecule has 1 amide bonds. The molecule has 2 N–H and O–H groups in total. The van der Waals surface area contributed by atoms with E-state index in [1.807, 2.05) is 37.3 Å². The van der Waals surface area contributed by atoms with Crippen LogP contribution in [0.2, 0.25) is 0 Å². The summed E-state index contributed by atoms with van der Waals surface area (Å²) in [6.45, 7) is 1.86. The minimum atomic E-state index is -0.385. The molecular weight excluding hydrogens is 356 g/mol. The van der Waals surface area contributed by atoms with E-state index >= 15 is 0 Å². The highest BCUT2D eigenvalue weighted by molar-refractivity contribution is 6.08. The van der Waals surface area contributed by atoms with Gasteiger partial charge in [0.15, 0.2) is 11.5 Å². The van der Waals surface area contributed by atoms with Crippen LogP contribution in [0.4, 0.5) is 5.69 Å². The van der Waals surface area contributed by atoms with Crippen LogP contribution in [0.3, 0.4) is 0 Å². The summed E-state index contributed by atoms with van der Waals surface area (Å²) < 4.78 is 7.15. The summed E-state index contributed by atoms with van der Waals surface area (Å²) in [5.74, 6) is 0.858. The van der Waals surface area contributed by atoms with Crippen LogP contribution in [0.15, 0.2) is 60.8 Å². The number of ether oxygens (including phenoxy) is 1. The predicted octanol–water partition coefficient (Wildman–Crippen LogP) is 3.67. The number of hydrogen-bond acceptors (Lipinski definition) is 5. The Labute approximate surface area is 161 Å². The van der Waals surface area contributed by atoms with Gasteiger partial charge in [0.1, 0.15) is 11.5 Å². The van der Waals surface area contributed by atoms with Crippen LogP contribution in [-0.4, -0.2) is 32.7 Å². The van der Waals surface area contributed by atoms with Crippen LogP contribution in [0, 0.1) is 6.92 Å². The van der Waals surface area contributed by atoms with Gasteiger partial charge in [0, 0.05) is 6.20 Å². The van der Waals surface area contributed by atoms with Gasteiger partial charge in [0.25, 0.3) is 5.91 Å². The van der Waals surface area contributed by atoms with Gasteiger partial charge < -0.3 is 15.2 Å². The Hall–Kier alpha value is -3.87. The highest BCUT2D eigenvalue weighted by Crippen LogP contribution is 2.29. The number of hydrogen-bond donors (Lipinski definition) is 2. The number of amides is 1. The van der Waals surface area contributed by atoms with E-state index in [0.29, 0.717) is 28.5 Å². The number of benzene rings is 2. The molecule has 7 nitrogen and oxygen atoms in total. The average Bonchev–Trinajstić information content (AvgIpc) is 3.14. The summed E-state index contributed by atoms with van der Waals surface area (Å²) in [6, 6.07) is 16.0. The molecule has 2 aromatic heterocycles. The molecule has 0 saturated heterocycles. The lowest BCUT2D eigenvalue weighted by atomic mass is 10.1. The zero-order valence-electron chi connectivity index (χ0n) is 15.4. The van der Waals surface area contributed by atoms with Crippen molar-refractivity contribution < 1.29 is 14.6 Å². The number of fused-ring (bicyclic) bond motifs is 1. The van der Waals surface area contributed by atoms with Crippen LogP contribution < -0.4 is 10.1 Å². The van der Waals surface area contributed by atoms with Crippen molar-refractivity contribution in [2.45, 2.75) is 6.92 Å². The maximum Gasteiger partial charge on any atom is 0.259 e. The second-order valence-electron chi connectivity index (χ2n) is 6.31. The number of carbonyl (C=O) groups is 1. The van der Waals surface area contributed by atoms with Gasteiger partial charge in [0.05, 0.1) is 23.9 Å². The van der Waals surface area contributed by atoms with E-state index in [4.69, 9.17) is 4.74 Å². The molecule has 4 rings (SSSR count). The molecule has 0 radical (unpaired) electrons. The zero-order valence-corrected chi connectivity index (χ0v) is 15.4. The smallest absolute Gasteiger partial charge is 0.259 e. The number of phenols is 1. The molecule has 140 valence electrons. The minimum absolute atomic E-state index is 0.0106. The number of carbonyl (C=O) groups excluding carboxylic acids is 1. The Morgan fingerprint density at radius 1 is 1.11 bits per heavy atom. The monoisotopic (exact) mass is 374 g/mol. The first kappa shape index (κ1) is 17.5. The summed E-state index contributed by atoms with van der Waals surface area (Å²) in [5, 5.41) is 21.2. The number of phenolic OH excluding ortho intramolecular Hbond substituents is 1. The van der Waals surface area contributed by atoms with Gasteiger partial charge in [-0.15, -0.1) is 10.2 Å². The van der Waals surface area contributed by atoms with Crippen LogP contribution >= 0.6 is 0 Å². The van der Waals surface area contributed by atoms with Gasteiger partial charge in [-0.2, -0.15) is 0 Å². The Morgan fingerprint density at radius 2 is 1.93 bits per heavy atom. The number of aromatic hydroxyl groups is 1. The highest BCUT2D eigenvalue weighted by Gasteiger charge is 2.18. The zero-order chi connectivity index (χ0) is 19.7. The number of anilines is 1. The number of pyridine rings is 1. The fourth-order valence-corrected chi connectivity index (χ4v) is 3.04. The standard InChI is InChI=1S/C21H18N4O3/c1-13-9-10-16(17(26)12-13)22-21(27)15-7-5-11-25-19(23-24-20(15)25)14-6-3-4-8-18(14)28-2/h3-12,26H,1-2H3,(H,22,27). The van der Waals surface area contributed by atoms with Crippen molar-refractivity contribution in [3.8, 4) is 22.9 Å². The molecular formula is C21H18N4O3. The lowest BCUT2D eigenvalue weighted by molar-refractivity contribution is 0.102. The quantitative estimate of drug-likeness (QED) is 0.532. The number of rotatable bonds is 4. The molecule has 0 aliphatic heterocycles. The summed E-state index contributed by atoms with van der Waals surface area (Å²) in [6.07, 6.45) is 1.79. The number of nitrogens with one attached hydrogen (secondary N) is 1. The Morgan fingerprint density at radius 3 is 2.71 bits per heavy atom. The summed E-state index contributed by atoms with van der Waals surface area (Å²) in [7, 11) is 1.59. The molecule has 0 unspecified atom stereocenters. The van der Waals surface area contributed by atoms with Crippen molar-refractivity contribution in [1.82, 2.24) is 14.6 Å². The van der Waals surface area contributed by atoms with E-state index in [0.717, 1.165) is 11.1 Å². The van der Waals surface area contributed by atoms with Crippen LogP contribution in [0.1, 0.15) is 15.9 Å². The van der Waals surface area contributed by atoms with Crippen molar-refractivity contribution in [2.75, 3.05) is 12.4 Å². The van der Waals surface area contributed by atoms with Gasteiger partial charge in [-0.25, -0.2) is 0 Å². The van der Waals surface area contributed by atoms with Gasteiger partial charge in [-0.1, -0.05) is 18.2 Å². The normalized spacial score (nSPS) is 10.8. The Balaban J connectivity index is 1.75. The van der Waals surface area contributed by atoms with Gasteiger partial charge in [-0.3, -0.25) is 9.20 Å². The molecule has 0 aliphatic carbocycles. The fraction of sp³-hybridized carbons (Fsp3) is 0.0952. The first-order valence-electron chi connectivity index (χ1n) is 8.66. The lowest BCUT2D eigenvalue weighted by Gasteiger charge is -2.09. The van der Waals surface area contributed by atoms with E-state index in [1.165, 1.54) is 0 Å². The molecule has 2 aromatic carbocycles. The molecule has 0 atom stereocenters. The van der Waals surface area contributed by atoms with Crippen LogP contribution in [0.5, 0.6) is 11.5 Å². The first-order chi connectivity index (χ1) is 13.6. The van der Waals surface area contributed by atoms with Gasteiger partial charge in [0.2, 0.25) is 0 Å². The molecule has 2 heterocycles. The van der Waals surface area contributed by atoms with Crippen molar-refractivity contribution in [3.05, 3.63) is 71.9 Å². The summed E-state index contributed by atoms with van der Waals surface area (Å²) in [5.41, 5.74) is 2.76. The Kier molecular flexibility index (Phi) is 4.41. The molecule has 0 spiro atoms. The molecule has 28 heavy (non-hydrogen) atoms. The molecule has 0 saturated carbocycles. The number of methoxy groups -OCH3 is 1. The maximum absolute atomic E-state index is 12.8. The lowest BCUT2D eigenvalue weighted by Crippen LogP contribution is -2.13. The van der Waals surface area contributed by atoms with Crippen molar-refractivity contribution in [2.24, 2.45) is 0 Å². The maximum atomic E-state index is 12.8. The van der Waals surface area contributed by atoms with Crippen molar-refractivity contribution in [3.63, 3.8) is 0 Å². The highest BCUT2D eigenvalue weighted by atomic mass is 16.5. The number of aromatic nitrogens is 3. The second-order valence-corrected chi connectivity index (χ2v) is 6.31. The SMILES string of the molecule is COc1ccccc1-c1nnc2c(C(=O)Nc3ccc(C)cc3O)cccn12. The fourth-order valence-electron chi connectivity index (χ4n) is 3.04. The van der Waals surface area contributed by atoms with Crippen molar-refractivity contribution in [1.29, 1.82) is 0 Å². The van der Waals surface area contributed by atoms with Crippen LogP contribution in [0.25, 0.3) is 17.0 Å². The predicted molar refractivity (Wildman–Crippen MR) is 106 cm³/mol. The van der Waals surface area contributed by atoms with E-state index in [2.05, 4.69) is 15.5 Å². The summed E-state index contributed by atoms with van der Waals surface area (Å²) in [4.78, 5) is 12.8. The number of para-hydroxylation sites is 1. The first-order valence-corrected chi connectivity index (χ1v) is 8.66. The third kappa shape index (κ3) is 3.03. The van der Waals surface area contributed by atoms with Gasteiger partial charge in [-0.05, 0) is 48.9 Å². The van der Waals surface area contributed by atoms with E-state index < -0.39 is 0 Å². The van der Waals surface area contributed by atoms with E-state index in [9.17, 15) is 9.90 Å². The molecule has 0 aliphatic rings. The largest absolute Gasteiger partial charge is 0.506 e. The topological polar surface area (TPSA) is 88.8 Å². The summed E-state index contributed by atoms with van der Waals surface area (Å²) >= 11 is 0. The van der Waals surface area contributed by atoms with E-state index in [-0.39, 0.29) is 11.7 Å². The Bertz CT molecular complexity index is 1180. The average molecular weight is 374 g/mol. The molecule has 7 heteroatoms. The molecule has 0 fully saturated rings. The third-order valence-corrected chi connectivity index (χ3v) is 4.43. The van der Waals surface area contributed by atoms with E-state index in [1.54, 1.807) is 42.0 Å². The third-order valence-electron chi connectivity index (χ3n) is 4.43. The molecule has 0 bridgehead atoms. The minimum Gasteiger partial charge on any atom is -0.506 e. The number of aryl methyl sites for hydroxylation is 1. The van der Waals surface area contributed by atoms with Gasteiger partial charge >= 0.3 is 0 Å². The molecule has 4 aromatic rings. The van der Waals surface area contributed by atoms with Crippen LogP contribution in [-0.2, 0) is 0 Å².